The molecule has 0 bridgehead atoms. The van der Waals surface area contributed by atoms with Crippen molar-refractivity contribution < 1.29 is 9.47 Å². The molecule has 1 heterocycles. The summed E-state index contributed by atoms with van der Waals surface area (Å²) in [5.74, 6) is 2.54. The Morgan fingerprint density at radius 2 is 1.78 bits per heavy atom. The van der Waals surface area contributed by atoms with E-state index in [-0.39, 0.29) is 30.1 Å². The number of rotatable bonds is 7. The summed E-state index contributed by atoms with van der Waals surface area (Å²) in [7, 11) is 3.49. The predicted molar refractivity (Wildman–Crippen MR) is 121 cm³/mol. The van der Waals surface area contributed by atoms with Crippen LogP contribution in [-0.4, -0.2) is 62.8 Å². The molecule has 0 amide bonds. The van der Waals surface area contributed by atoms with Gasteiger partial charge in [-0.15, -0.1) is 24.0 Å². The van der Waals surface area contributed by atoms with E-state index < -0.39 is 0 Å². The van der Waals surface area contributed by atoms with Crippen LogP contribution >= 0.6 is 24.0 Å². The van der Waals surface area contributed by atoms with Crippen LogP contribution in [0.3, 0.4) is 0 Å². The molecule has 1 unspecified atom stereocenters. The zero-order valence-electron chi connectivity index (χ0n) is 16.6. The van der Waals surface area contributed by atoms with Gasteiger partial charge in [-0.05, 0) is 56.9 Å². The summed E-state index contributed by atoms with van der Waals surface area (Å²) in [5, 5.41) is 6.94. The van der Waals surface area contributed by atoms with Crippen molar-refractivity contribution in [3.63, 3.8) is 0 Å². The summed E-state index contributed by atoms with van der Waals surface area (Å²) in [6.45, 7) is 5.16. The van der Waals surface area contributed by atoms with Crippen LogP contribution in [0.15, 0.2) is 29.3 Å². The number of benzene rings is 1. The van der Waals surface area contributed by atoms with Crippen molar-refractivity contribution in [2.45, 2.75) is 50.8 Å². The number of piperidine rings is 1. The van der Waals surface area contributed by atoms with Crippen molar-refractivity contribution in [3.05, 3.63) is 24.3 Å². The first kappa shape index (κ1) is 22.1. The van der Waals surface area contributed by atoms with E-state index in [9.17, 15) is 0 Å². The van der Waals surface area contributed by atoms with Crippen LogP contribution in [0.25, 0.3) is 0 Å². The quantitative estimate of drug-likeness (QED) is 0.351. The summed E-state index contributed by atoms with van der Waals surface area (Å²) in [6.07, 6.45) is 5.21. The van der Waals surface area contributed by atoms with Gasteiger partial charge in [0.15, 0.2) is 5.96 Å². The molecule has 1 aromatic carbocycles. The van der Waals surface area contributed by atoms with E-state index in [0.717, 1.165) is 23.5 Å². The third-order valence-corrected chi connectivity index (χ3v) is 5.11. The number of aliphatic imine (C=N–C) groups is 1. The number of ether oxygens (including phenoxy) is 2. The lowest BCUT2D eigenvalue weighted by atomic mass is 10.1. The summed E-state index contributed by atoms with van der Waals surface area (Å²) in [6, 6.07) is 9.05. The molecule has 1 aliphatic heterocycles. The van der Waals surface area contributed by atoms with Crippen molar-refractivity contribution in [1.29, 1.82) is 0 Å². The minimum Gasteiger partial charge on any atom is -0.497 e. The molecule has 0 aromatic heterocycles. The highest BCUT2D eigenvalue weighted by atomic mass is 127. The van der Waals surface area contributed by atoms with Gasteiger partial charge in [0.05, 0.1) is 13.7 Å². The van der Waals surface area contributed by atoms with E-state index in [1.54, 1.807) is 7.11 Å². The first-order valence-electron chi connectivity index (χ1n) is 9.70. The maximum absolute atomic E-state index is 5.94. The van der Waals surface area contributed by atoms with E-state index >= 15 is 0 Å². The molecule has 3 rings (SSSR count). The predicted octanol–water partition coefficient (Wildman–Crippen LogP) is 2.87. The molecule has 2 N–H and O–H groups in total. The van der Waals surface area contributed by atoms with Gasteiger partial charge < -0.3 is 25.0 Å². The molecule has 1 aliphatic carbocycles. The van der Waals surface area contributed by atoms with Gasteiger partial charge in [-0.2, -0.15) is 0 Å². The third-order valence-electron chi connectivity index (χ3n) is 5.11. The average Bonchev–Trinajstić information content (AvgIpc) is 3.51. The molecule has 1 atom stereocenters. The summed E-state index contributed by atoms with van der Waals surface area (Å²) in [5.41, 5.74) is 0. The van der Waals surface area contributed by atoms with E-state index in [0.29, 0.717) is 12.6 Å². The summed E-state index contributed by atoms with van der Waals surface area (Å²) >= 11 is 0. The Balaban J connectivity index is 0.00000261. The van der Waals surface area contributed by atoms with Gasteiger partial charge in [0, 0.05) is 32.2 Å². The molecule has 2 aliphatic rings. The Morgan fingerprint density at radius 1 is 1.15 bits per heavy atom. The third kappa shape index (κ3) is 7.03. The highest BCUT2D eigenvalue weighted by Crippen LogP contribution is 2.29. The van der Waals surface area contributed by atoms with Crippen molar-refractivity contribution in [3.8, 4) is 11.5 Å². The largest absolute Gasteiger partial charge is 0.497 e. The van der Waals surface area contributed by atoms with Crippen LogP contribution in [0.1, 0.15) is 32.6 Å². The Bertz CT molecular complexity index is 584. The topological polar surface area (TPSA) is 58.1 Å². The molecule has 152 valence electrons. The molecule has 0 radical (unpaired) electrons. The fraction of sp³-hybridized carbons (Fsp3) is 0.650. The van der Waals surface area contributed by atoms with E-state index in [1.807, 2.05) is 31.3 Å². The van der Waals surface area contributed by atoms with E-state index in [2.05, 4.69) is 27.4 Å². The Kier molecular flexibility index (Phi) is 8.95. The van der Waals surface area contributed by atoms with Gasteiger partial charge >= 0.3 is 0 Å². The first-order valence-corrected chi connectivity index (χ1v) is 9.70. The summed E-state index contributed by atoms with van der Waals surface area (Å²) in [4.78, 5) is 7.00. The van der Waals surface area contributed by atoms with Crippen molar-refractivity contribution >= 4 is 29.9 Å². The lowest BCUT2D eigenvalue weighted by molar-refractivity contribution is 0.196. The van der Waals surface area contributed by atoms with Crippen LogP contribution in [-0.2, 0) is 0 Å². The van der Waals surface area contributed by atoms with Gasteiger partial charge in [-0.1, -0.05) is 0 Å². The van der Waals surface area contributed by atoms with Crippen LogP contribution in [0.5, 0.6) is 11.5 Å². The normalized spacial score (nSPS) is 19.7. The molecule has 7 heteroatoms. The lowest BCUT2D eigenvalue weighted by Crippen LogP contribution is -2.50. The second kappa shape index (κ2) is 10.9. The first-order chi connectivity index (χ1) is 12.7. The maximum Gasteiger partial charge on any atom is 0.191 e. The fourth-order valence-corrected chi connectivity index (χ4v) is 3.41. The Morgan fingerprint density at radius 3 is 2.33 bits per heavy atom. The fourth-order valence-electron chi connectivity index (χ4n) is 3.41. The van der Waals surface area contributed by atoms with Gasteiger partial charge in [-0.25, -0.2) is 0 Å². The number of methoxy groups -OCH3 is 1. The molecule has 1 saturated heterocycles. The van der Waals surface area contributed by atoms with Gasteiger partial charge in [0.2, 0.25) is 0 Å². The zero-order chi connectivity index (χ0) is 18.4. The van der Waals surface area contributed by atoms with E-state index in [1.165, 1.54) is 38.8 Å². The minimum atomic E-state index is 0. The molecule has 1 aromatic rings. The molecular formula is C20H33IN4O2. The van der Waals surface area contributed by atoms with Crippen LogP contribution in [0.2, 0.25) is 0 Å². The Hall–Kier alpha value is -1.22. The molecular weight excluding hydrogens is 455 g/mol. The molecule has 27 heavy (non-hydrogen) atoms. The average molecular weight is 488 g/mol. The van der Waals surface area contributed by atoms with Gasteiger partial charge in [-0.3, -0.25) is 4.99 Å². The van der Waals surface area contributed by atoms with Crippen LogP contribution in [0, 0.1) is 0 Å². The van der Waals surface area contributed by atoms with Crippen molar-refractivity contribution in [2.75, 3.05) is 33.8 Å². The number of likely N-dealkylation sites (tertiary alicyclic amines) is 1. The second-order valence-electron chi connectivity index (χ2n) is 7.24. The second-order valence-corrected chi connectivity index (χ2v) is 7.24. The van der Waals surface area contributed by atoms with E-state index in [4.69, 9.17) is 9.47 Å². The van der Waals surface area contributed by atoms with Gasteiger partial charge in [0.25, 0.3) is 0 Å². The molecule has 0 spiro atoms. The smallest absolute Gasteiger partial charge is 0.191 e. The number of nitrogens with zero attached hydrogens (tertiary/aromatic N) is 2. The standard InChI is InChI=1S/C20H32N4O2.HI/c1-15(26-19-8-6-18(25-3)7-9-19)14-22-20(21-2)23-16-10-12-24(13-11-16)17-4-5-17;/h6-9,15-17H,4-5,10-14H2,1-3H3,(H2,21,22,23);1H. The number of hydrogen-bond acceptors (Lipinski definition) is 4. The summed E-state index contributed by atoms with van der Waals surface area (Å²) < 4.78 is 11.1. The molecule has 2 fully saturated rings. The van der Waals surface area contributed by atoms with Crippen molar-refractivity contribution in [1.82, 2.24) is 15.5 Å². The highest BCUT2D eigenvalue weighted by molar-refractivity contribution is 14.0. The Labute approximate surface area is 180 Å². The number of nitrogens with one attached hydrogen (secondary N) is 2. The molecule has 6 nitrogen and oxygen atoms in total. The zero-order valence-corrected chi connectivity index (χ0v) is 18.9. The highest BCUT2D eigenvalue weighted by Gasteiger charge is 2.31. The number of halogens is 1. The van der Waals surface area contributed by atoms with Crippen molar-refractivity contribution in [2.24, 2.45) is 4.99 Å². The number of hydrogen-bond donors (Lipinski definition) is 2. The lowest BCUT2D eigenvalue weighted by Gasteiger charge is -2.33. The van der Waals surface area contributed by atoms with Crippen LogP contribution < -0.4 is 20.1 Å². The molecule has 1 saturated carbocycles. The number of guanidine groups is 1. The SMILES string of the molecule is CN=C(NCC(C)Oc1ccc(OC)cc1)NC1CCN(C2CC2)CC1.I. The minimum absolute atomic E-state index is 0. The van der Waals surface area contributed by atoms with Crippen LogP contribution in [0.4, 0.5) is 0 Å². The van der Waals surface area contributed by atoms with Gasteiger partial charge in [0.1, 0.15) is 17.6 Å². The maximum atomic E-state index is 5.94. The monoisotopic (exact) mass is 488 g/mol.